The molecule has 0 aromatic carbocycles. The average Bonchev–Trinajstić information content (AvgIpc) is 2.25. The molecule has 0 radical (unpaired) electrons. The molecular weight excluding hydrogens is 212 g/mol. The molecule has 1 aromatic heterocycles. The maximum Gasteiger partial charge on any atom is 0.404 e. The Morgan fingerprint density at radius 3 is 2.75 bits per heavy atom. The second-order valence-corrected chi connectivity index (χ2v) is 2.90. The first-order valence-electron chi connectivity index (χ1n) is 4.51. The molecule has 0 aliphatic carbocycles. The number of nitrogens with zero attached hydrogens (tertiary/aromatic N) is 1. The number of primary amides is 1. The molecule has 16 heavy (non-hydrogen) atoms. The van der Waals surface area contributed by atoms with Crippen molar-refractivity contribution in [3.63, 3.8) is 0 Å². The van der Waals surface area contributed by atoms with Crippen LogP contribution in [0.1, 0.15) is 10.4 Å². The summed E-state index contributed by atoms with van der Waals surface area (Å²) in [6, 6.07) is 3.07. The quantitative estimate of drug-likeness (QED) is 0.595. The predicted octanol–water partition coefficient (Wildman–Crippen LogP) is -0.511. The van der Waals surface area contributed by atoms with E-state index in [0.29, 0.717) is 11.4 Å². The molecule has 0 saturated carbocycles. The van der Waals surface area contributed by atoms with Crippen LogP contribution in [-0.2, 0) is 4.74 Å². The maximum absolute atomic E-state index is 11.4. The molecule has 7 nitrogen and oxygen atoms in total. The van der Waals surface area contributed by atoms with Crippen LogP contribution in [0.5, 0.6) is 0 Å². The number of rotatable bonds is 4. The topological polar surface area (TPSA) is 120 Å². The van der Waals surface area contributed by atoms with Crippen molar-refractivity contribution in [2.75, 3.05) is 18.9 Å². The van der Waals surface area contributed by atoms with Gasteiger partial charge in [-0.15, -0.1) is 0 Å². The Bertz CT molecular complexity index is 377. The van der Waals surface area contributed by atoms with Crippen LogP contribution in [0.15, 0.2) is 18.3 Å². The predicted molar refractivity (Wildman–Crippen MR) is 56.5 cm³/mol. The zero-order valence-electron chi connectivity index (χ0n) is 8.47. The number of ether oxygens (including phenoxy) is 1. The normalized spacial score (nSPS) is 9.50. The third-order valence-electron chi connectivity index (χ3n) is 1.68. The van der Waals surface area contributed by atoms with E-state index in [1.54, 1.807) is 6.07 Å². The number of carbonyl (C=O) groups is 2. The van der Waals surface area contributed by atoms with E-state index in [4.69, 9.17) is 11.5 Å². The third kappa shape index (κ3) is 3.82. The summed E-state index contributed by atoms with van der Waals surface area (Å²) in [7, 11) is 0. The lowest BCUT2D eigenvalue weighted by molar-refractivity contribution is 0.0936. The molecule has 0 fully saturated rings. The number of nitrogens with one attached hydrogen (secondary N) is 1. The molecule has 0 atom stereocenters. The number of nitrogen functional groups attached to an aromatic ring is 1. The summed E-state index contributed by atoms with van der Waals surface area (Å²) < 4.78 is 4.44. The van der Waals surface area contributed by atoms with Crippen LogP contribution in [-0.4, -0.2) is 30.1 Å². The van der Waals surface area contributed by atoms with Gasteiger partial charge in [-0.1, -0.05) is 0 Å². The molecule has 0 bridgehead atoms. The summed E-state index contributed by atoms with van der Waals surface area (Å²) in [6.07, 6.45) is 0.489. The third-order valence-corrected chi connectivity index (χ3v) is 1.68. The van der Waals surface area contributed by atoms with Crippen LogP contribution in [0.4, 0.5) is 10.6 Å². The number of pyridine rings is 1. The minimum absolute atomic E-state index is 0.0312. The molecule has 7 heteroatoms. The molecule has 0 aliphatic rings. The number of amides is 2. The summed E-state index contributed by atoms with van der Waals surface area (Å²) >= 11 is 0. The lowest BCUT2D eigenvalue weighted by Crippen LogP contribution is -2.29. The van der Waals surface area contributed by atoms with Crippen LogP contribution in [0.2, 0.25) is 0 Å². The number of aromatic nitrogens is 1. The molecule has 1 heterocycles. The fourth-order valence-corrected chi connectivity index (χ4v) is 0.958. The van der Waals surface area contributed by atoms with E-state index in [1.165, 1.54) is 12.3 Å². The molecule has 0 spiro atoms. The Kier molecular flexibility index (Phi) is 4.07. The van der Waals surface area contributed by atoms with Crippen molar-refractivity contribution in [2.24, 2.45) is 5.73 Å². The van der Waals surface area contributed by atoms with Gasteiger partial charge in [0.1, 0.15) is 12.4 Å². The molecule has 0 saturated heterocycles. The van der Waals surface area contributed by atoms with Gasteiger partial charge in [-0.2, -0.15) is 0 Å². The van der Waals surface area contributed by atoms with Crippen molar-refractivity contribution in [1.29, 1.82) is 0 Å². The van der Waals surface area contributed by atoms with Crippen LogP contribution < -0.4 is 16.8 Å². The minimum atomic E-state index is -0.872. The highest BCUT2D eigenvalue weighted by molar-refractivity contribution is 5.93. The van der Waals surface area contributed by atoms with Crippen molar-refractivity contribution >= 4 is 17.8 Å². The number of anilines is 1. The van der Waals surface area contributed by atoms with Crippen LogP contribution in [0.25, 0.3) is 0 Å². The van der Waals surface area contributed by atoms with E-state index in [-0.39, 0.29) is 19.1 Å². The second-order valence-electron chi connectivity index (χ2n) is 2.90. The SMILES string of the molecule is NC(=O)OCCNC(=O)c1ccc(N)nc1. The largest absolute Gasteiger partial charge is 0.448 e. The summed E-state index contributed by atoms with van der Waals surface area (Å²) in [5.74, 6) is 0.0224. The number of carbonyl (C=O) groups excluding carboxylic acids is 2. The molecule has 2 amide bonds. The van der Waals surface area contributed by atoms with Gasteiger partial charge in [-0.25, -0.2) is 9.78 Å². The van der Waals surface area contributed by atoms with Gasteiger partial charge in [0.25, 0.3) is 5.91 Å². The lowest BCUT2D eigenvalue weighted by Gasteiger charge is -2.04. The number of hydrogen-bond acceptors (Lipinski definition) is 5. The van der Waals surface area contributed by atoms with E-state index < -0.39 is 6.09 Å². The highest BCUT2D eigenvalue weighted by Crippen LogP contribution is 2.00. The van der Waals surface area contributed by atoms with E-state index in [1.807, 2.05) is 0 Å². The van der Waals surface area contributed by atoms with Crippen molar-refractivity contribution in [3.05, 3.63) is 23.9 Å². The molecule has 0 aliphatic heterocycles. The fourth-order valence-electron chi connectivity index (χ4n) is 0.958. The Balaban J connectivity index is 2.35. The summed E-state index contributed by atoms with van der Waals surface area (Å²) in [5.41, 5.74) is 10.5. The summed E-state index contributed by atoms with van der Waals surface area (Å²) in [4.78, 5) is 25.4. The Labute approximate surface area is 91.8 Å². The first-order valence-corrected chi connectivity index (χ1v) is 4.51. The van der Waals surface area contributed by atoms with Crippen LogP contribution in [0, 0.1) is 0 Å². The van der Waals surface area contributed by atoms with Gasteiger partial charge in [0.15, 0.2) is 0 Å². The van der Waals surface area contributed by atoms with Crippen LogP contribution >= 0.6 is 0 Å². The smallest absolute Gasteiger partial charge is 0.404 e. The molecule has 0 unspecified atom stereocenters. The second kappa shape index (κ2) is 5.54. The van der Waals surface area contributed by atoms with Crippen molar-refractivity contribution in [2.45, 2.75) is 0 Å². The van der Waals surface area contributed by atoms with E-state index in [9.17, 15) is 9.59 Å². The van der Waals surface area contributed by atoms with Gasteiger partial charge in [0, 0.05) is 6.20 Å². The zero-order chi connectivity index (χ0) is 12.0. The number of hydrogen-bond donors (Lipinski definition) is 3. The number of nitrogens with two attached hydrogens (primary N) is 2. The van der Waals surface area contributed by atoms with E-state index in [2.05, 4.69) is 15.0 Å². The van der Waals surface area contributed by atoms with Crippen molar-refractivity contribution in [3.8, 4) is 0 Å². The maximum atomic E-state index is 11.4. The first kappa shape index (κ1) is 11.8. The monoisotopic (exact) mass is 224 g/mol. The molecule has 1 aromatic rings. The van der Waals surface area contributed by atoms with E-state index >= 15 is 0 Å². The van der Waals surface area contributed by atoms with Crippen molar-refractivity contribution < 1.29 is 14.3 Å². The zero-order valence-corrected chi connectivity index (χ0v) is 8.47. The minimum Gasteiger partial charge on any atom is -0.448 e. The molecule has 86 valence electrons. The fraction of sp³-hybridized carbons (Fsp3) is 0.222. The van der Waals surface area contributed by atoms with Gasteiger partial charge in [0.05, 0.1) is 12.1 Å². The molecule has 1 rings (SSSR count). The van der Waals surface area contributed by atoms with E-state index in [0.717, 1.165) is 0 Å². The van der Waals surface area contributed by atoms with Crippen molar-refractivity contribution in [1.82, 2.24) is 10.3 Å². The lowest BCUT2D eigenvalue weighted by atomic mass is 10.2. The summed E-state index contributed by atoms with van der Waals surface area (Å²) in [5, 5.41) is 2.52. The molecular formula is C9H12N4O3. The van der Waals surface area contributed by atoms with Gasteiger partial charge in [-0.05, 0) is 12.1 Å². The standard InChI is InChI=1S/C9H12N4O3/c10-7-2-1-6(5-13-7)8(14)12-3-4-16-9(11)15/h1-2,5H,3-4H2,(H2,10,13)(H2,11,15)(H,12,14). The Morgan fingerprint density at radius 2 is 2.19 bits per heavy atom. The first-order chi connectivity index (χ1) is 7.59. The van der Waals surface area contributed by atoms with Crippen LogP contribution in [0.3, 0.4) is 0 Å². The van der Waals surface area contributed by atoms with Gasteiger partial charge >= 0.3 is 6.09 Å². The molecule has 5 N–H and O–H groups in total. The average molecular weight is 224 g/mol. The highest BCUT2D eigenvalue weighted by atomic mass is 16.5. The summed E-state index contributed by atoms with van der Waals surface area (Å²) in [6.45, 7) is 0.218. The Morgan fingerprint density at radius 1 is 1.44 bits per heavy atom. The van der Waals surface area contributed by atoms with Gasteiger partial charge in [-0.3, -0.25) is 4.79 Å². The van der Waals surface area contributed by atoms with Gasteiger partial charge < -0.3 is 21.5 Å². The highest BCUT2D eigenvalue weighted by Gasteiger charge is 2.04. The Hall–Kier alpha value is -2.31. The van der Waals surface area contributed by atoms with Gasteiger partial charge in [0.2, 0.25) is 0 Å².